The van der Waals surface area contributed by atoms with E-state index in [0.717, 1.165) is 0 Å². The maximum absolute atomic E-state index is 11.3. The van der Waals surface area contributed by atoms with E-state index in [9.17, 15) is 9.46 Å². The molecule has 1 unspecified atom stereocenters. The lowest BCUT2D eigenvalue weighted by molar-refractivity contribution is 0.257. The molecule has 0 amide bonds. The molecule has 0 aromatic carbocycles. The molecule has 0 saturated carbocycles. The van der Waals surface area contributed by atoms with Gasteiger partial charge in [0, 0.05) is 5.33 Å². The van der Waals surface area contributed by atoms with Crippen molar-refractivity contribution in [3.8, 4) is 0 Å². The summed E-state index contributed by atoms with van der Waals surface area (Å²) < 4.78 is 16.1. The highest BCUT2D eigenvalue weighted by Crippen LogP contribution is 2.54. The third kappa shape index (κ3) is 3.70. The van der Waals surface area contributed by atoms with E-state index >= 15 is 0 Å². The molecule has 0 aliphatic rings. The van der Waals surface area contributed by atoms with Crippen LogP contribution >= 0.6 is 23.5 Å². The van der Waals surface area contributed by atoms with Gasteiger partial charge in [-0.1, -0.05) is 15.9 Å². The van der Waals surface area contributed by atoms with Crippen LogP contribution in [0.1, 0.15) is 20.8 Å². The molecule has 0 aromatic rings. The van der Waals surface area contributed by atoms with Crippen molar-refractivity contribution >= 4 is 23.5 Å². The summed E-state index contributed by atoms with van der Waals surface area (Å²) in [5.74, 6) is 0. The van der Waals surface area contributed by atoms with Crippen molar-refractivity contribution in [3.63, 3.8) is 0 Å². The van der Waals surface area contributed by atoms with Crippen molar-refractivity contribution in [2.75, 3.05) is 11.9 Å². The Hall–Kier alpha value is 0.630. The largest absolute Gasteiger partial charge is 0.333 e. The molecule has 0 aliphatic carbocycles. The number of alkyl halides is 1. The predicted octanol–water partition coefficient (Wildman–Crippen LogP) is 2.38. The van der Waals surface area contributed by atoms with Crippen LogP contribution in [0.25, 0.3) is 0 Å². The van der Waals surface area contributed by atoms with Crippen LogP contribution in [0, 0.1) is 0 Å². The summed E-state index contributed by atoms with van der Waals surface area (Å²) in [6, 6.07) is 0. The molecule has 0 aromatic heterocycles. The normalized spacial score (nSPS) is 17.9. The average Bonchev–Trinajstić information content (AvgIpc) is 1.81. The zero-order chi connectivity index (χ0) is 9.12. The molecule has 0 aliphatic heterocycles. The molecule has 1 atom stereocenters. The summed E-state index contributed by atoms with van der Waals surface area (Å²) in [4.78, 5) is 9.29. The van der Waals surface area contributed by atoms with Crippen molar-refractivity contribution in [3.05, 3.63) is 0 Å². The first kappa shape index (κ1) is 11.6. The zero-order valence-electron chi connectivity index (χ0n) is 7.00. The number of halogens is 1. The standard InChI is InChI=1S/C6H14BrO3P/c1-6(2,3)11(8,9)10-5-4-7/h4-5H2,1-3H3,(H,8,9). The van der Waals surface area contributed by atoms with E-state index in [0.29, 0.717) is 5.33 Å². The minimum Gasteiger partial charge on any atom is -0.324 e. The van der Waals surface area contributed by atoms with Crippen LogP contribution in [0.2, 0.25) is 0 Å². The maximum Gasteiger partial charge on any atom is 0.333 e. The summed E-state index contributed by atoms with van der Waals surface area (Å²) in [6.07, 6.45) is 0. The van der Waals surface area contributed by atoms with E-state index < -0.39 is 12.8 Å². The lowest BCUT2D eigenvalue weighted by Gasteiger charge is -2.24. The van der Waals surface area contributed by atoms with Crippen molar-refractivity contribution < 1.29 is 14.0 Å². The second-order valence-corrected chi connectivity index (χ2v) is 6.65. The highest BCUT2D eigenvalue weighted by atomic mass is 79.9. The highest BCUT2D eigenvalue weighted by molar-refractivity contribution is 9.09. The Morgan fingerprint density at radius 1 is 1.55 bits per heavy atom. The minimum absolute atomic E-state index is 0.269. The van der Waals surface area contributed by atoms with E-state index in [1.54, 1.807) is 20.8 Å². The first-order chi connectivity index (χ1) is 4.81. The van der Waals surface area contributed by atoms with Gasteiger partial charge in [-0.05, 0) is 20.8 Å². The number of hydrogen-bond acceptors (Lipinski definition) is 2. The van der Waals surface area contributed by atoms with Crippen LogP contribution in [-0.2, 0) is 9.09 Å². The second-order valence-electron chi connectivity index (χ2n) is 3.21. The molecule has 0 heterocycles. The van der Waals surface area contributed by atoms with Crippen molar-refractivity contribution in [1.82, 2.24) is 0 Å². The van der Waals surface area contributed by atoms with Crippen LogP contribution in [0.4, 0.5) is 0 Å². The van der Waals surface area contributed by atoms with Gasteiger partial charge in [0.1, 0.15) is 0 Å². The molecule has 0 spiro atoms. The fraction of sp³-hybridized carbons (Fsp3) is 1.00. The van der Waals surface area contributed by atoms with E-state index in [2.05, 4.69) is 15.9 Å². The fourth-order valence-electron chi connectivity index (χ4n) is 0.352. The Balaban J connectivity index is 4.12. The average molecular weight is 245 g/mol. The van der Waals surface area contributed by atoms with Crippen LogP contribution in [0.15, 0.2) is 0 Å². The first-order valence-electron chi connectivity index (χ1n) is 3.34. The predicted molar refractivity (Wildman–Crippen MR) is 49.3 cm³/mol. The molecule has 5 heteroatoms. The summed E-state index contributed by atoms with van der Waals surface area (Å²) >= 11 is 3.11. The summed E-state index contributed by atoms with van der Waals surface area (Å²) in [6.45, 7) is 5.32. The Bertz CT molecular complexity index is 164. The Kier molecular flexibility index (Phi) is 4.27. The molecule has 0 rings (SSSR count). The van der Waals surface area contributed by atoms with Crippen LogP contribution in [0.3, 0.4) is 0 Å². The van der Waals surface area contributed by atoms with Gasteiger partial charge in [-0.2, -0.15) is 0 Å². The van der Waals surface area contributed by atoms with Crippen molar-refractivity contribution in [2.45, 2.75) is 25.9 Å². The SMILES string of the molecule is CC(C)(C)P(=O)(O)OCCBr. The fourth-order valence-corrected chi connectivity index (χ4v) is 1.49. The van der Waals surface area contributed by atoms with Gasteiger partial charge in [-0.3, -0.25) is 4.57 Å². The van der Waals surface area contributed by atoms with E-state index in [4.69, 9.17) is 4.52 Å². The Labute approximate surface area is 75.8 Å². The molecule has 11 heavy (non-hydrogen) atoms. The minimum atomic E-state index is -3.42. The maximum atomic E-state index is 11.3. The quantitative estimate of drug-likeness (QED) is 0.613. The molecule has 1 N–H and O–H groups in total. The summed E-state index contributed by atoms with van der Waals surface area (Å²) in [7, 11) is -3.42. The second kappa shape index (κ2) is 4.04. The monoisotopic (exact) mass is 244 g/mol. The van der Waals surface area contributed by atoms with Gasteiger partial charge < -0.3 is 9.42 Å². The first-order valence-corrected chi connectivity index (χ1v) is 6.04. The van der Waals surface area contributed by atoms with Crippen LogP contribution in [-0.4, -0.2) is 22.0 Å². The number of hydrogen-bond donors (Lipinski definition) is 1. The molecule has 0 saturated heterocycles. The lowest BCUT2D eigenvalue weighted by Crippen LogP contribution is -2.16. The van der Waals surface area contributed by atoms with Gasteiger partial charge in [0.2, 0.25) is 0 Å². The lowest BCUT2D eigenvalue weighted by atomic mass is 10.3. The summed E-state index contributed by atoms with van der Waals surface area (Å²) in [5.41, 5.74) is 0. The third-order valence-electron chi connectivity index (χ3n) is 1.19. The van der Waals surface area contributed by atoms with Crippen molar-refractivity contribution in [1.29, 1.82) is 0 Å². The highest BCUT2D eigenvalue weighted by Gasteiger charge is 2.35. The molecule has 3 nitrogen and oxygen atoms in total. The third-order valence-corrected chi connectivity index (χ3v) is 3.74. The molecule has 68 valence electrons. The summed E-state index contributed by atoms with van der Waals surface area (Å²) in [5, 5.41) is -0.108. The van der Waals surface area contributed by atoms with E-state index in [1.807, 2.05) is 0 Å². The van der Waals surface area contributed by atoms with Crippen LogP contribution in [0.5, 0.6) is 0 Å². The topological polar surface area (TPSA) is 46.5 Å². The molecule has 0 radical (unpaired) electrons. The molecular formula is C6H14BrO3P. The van der Waals surface area contributed by atoms with Gasteiger partial charge >= 0.3 is 7.60 Å². The molecule has 0 fully saturated rings. The van der Waals surface area contributed by atoms with Gasteiger partial charge in [-0.15, -0.1) is 0 Å². The van der Waals surface area contributed by atoms with Crippen molar-refractivity contribution in [2.24, 2.45) is 0 Å². The van der Waals surface area contributed by atoms with Gasteiger partial charge in [-0.25, -0.2) is 0 Å². The van der Waals surface area contributed by atoms with Gasteiger partial charge in [0.15, 0.2) is 0 Å². The zero-order valence-corrected chi connectivity index (χ0v) is 9.48. The van der Waals surface area contributed by atoms with E-state index in [-0.39, 0.29) is 6.61 Å². The van der Waals surface area contributed by atoms with Gasteiger partial charge in [0.05, 0.1) is 11.8 Å². The number of rotatable bonds is 3. The smallest absolute Gasteiger partial charge is 0.324 e. The van der Waals surface area contributed by atoms with E-state index in [1.165, 1.54) is 0 Å². The van der Waals surface area contributed by atoms with Gasteiger partial charge in [0.25, 0.3) is 0 Å². The van der Waals surface area contributed by atoms with Crippen LogP contribution < -0.4 is 0 Å². The Morgan fingerprint density at radius 3 is 2.27 bits per heavy atom. The Morgan fingerprint density at radius 2 is 2.00 bits per heavy atom. The molecular weight excluding hydrogens is 231 g/mol. The molecule has 0 bridgehead atoms.